The molecule has 0 radical (unpaired) electrons. The lowest BCUT2D eigenvalue weighted by Crippen LogP contribution is -2.51. The van der Waals surface area contributed by atoms with E-state index in [1.165, 1.54) is 103 Å². The minimum atomic E-state index is 0.855. The van der Waals surface area contributed by atoms with Crippen molar-refractivity contribution in [1.29, 1.82) is 0 Å². The van der Waals surface area contributed by atoms with Crippen LogP contribution in [0.3, 0.4) is 0 Å². The summed E-state index contributed by atoms with van der Waals surface area (Å²) in [7, 11) is 0. The van der Waals surface area contributed by atoms with Crippen molar-refractivity contribution in [2.45, 2.75) is 89.5 Å². The third kappa shape index (κ3) is 3.93. The zero-order chi connectivity index (χ0) is 15.5. The van der Waals surface area contributed by atoms with Crippen LogP contribution in [-0.2, 0) is 0 Å². The summed E-state index contributed by atoms with van der Waals surface area (Å²) in [6.45, 7) is 3.80. The lowest BCUT2D eigenvalue weighted by atomic mass is 9.77. The van der Waals surface area contributed by atoms with E-state index in [4.69, 9.17) is 0 Å². The fourth-order valence-electron chi connectivity index (χ4n) is 5.77. The molecule has 3 saturated heterocycles. The molecule has 3 heteroatoms. The molecule has 4 rings (SSSR count). The smallest absolute Gasteiger partial charge is 0.0331 e. The molecule has 132 valence electrons. The predicted octanol–water partition coefficient (Wildman–Crippen LogP) is 4.35. The monoisotopic (exact) mass is 319 g/mol. The number of fused-ring (bicyclic) bond motifs is 4. The van der Waals surface area contributed by atoms with Gasteiger partial charge in [-0.2, -0.15) is 5.12 Å². The van der Waals surface area contributed by atoms with Gasteiger partial charge < -0.3 is 0 Å². The largest absolute Gasteiger partial charge is 0.241 e. The first-order valence-corrected chi connectivity index (χ1v) is 10.7. The highest BCUT2D eigenvalue weighted by molar-refractivity contribution is 4.92. The van der Waals surface area contributed by atoms with E-state index in [-0.39, 0.29) is 0 Å². The number of hydrogen-bond acceptors (Lipinski definition) is 3. The topological polar surface area (TPSA) is 18.5 Å². The van der Waals surface area contributed by atoms with Crippen molar-refractivity contribution < 1.29 is 0 Å². The molecule has 3 nitrogen and oxygen atoms in total. The molecule has 5 atom stereocenters. The van der Waals surface area contributed by atoms with E-state index in [0.717, 1.165) is 23.8 Å². The van der Waals surface area contributed by atoms with Crippen LogP contribution >= 0.6 is 0 Å². The maximum Gasteiger partial charge on any atom is 0.0331 e. The minimum absolute atomic E-state index is 0.855. The summed E-state index contributed by atoms with van der Waals surface area (Å²) in [5, 5.41) is 5.30. The van der Waals surface area contributed by atoms with Crippen molar-refractivity contribution in [2.24, 2.45) is 17.8 Å². The Balaban J connectivity index is 1.40. The van der Waals surface area contributed by atoms with Gasteiger partial charge in [-0.1, -0.05) is 57.8 Å². The van der Waals surface area contributed by atoms with Gasteiger partial charge in [0.15, 0.2) is 0 Å². The van der Waals surface area contributed by atoms with Crippen molar-refractivity contribution >= 4 is 0 Å². The molecule has 3 heterocycles. The number of nitrogens with zero attached hydrogens (tertiary/aromatic N) is 2. The van der Waals surface area contributed by atoms with Gasteiger partial charge in [0.05, 0.1) is 0 Å². The average Bonchev–Trinajstić information content (AvgIpc) is 3.18. The molecular weight excluding hydrogens is 282 g/mol. The second-order valence-corrected chi connectivity index (χ2v) is 8.82. The molecule has 0 aromatic carbocycles. The summed E-state index contributed by atoms with van der Waals surface area (Å²) in [5.41, 5.74) is 3.74. The minimum Gasteiger partial charge on any atom is -0.241 e. The summed E-state index contributed by atoms with van der Waals surface area (Å²) in [6.07, 6.45) is 19.2. The van der Waals surface area contributed by atoms with E-state index in [2.05, 4.69) is 15.6 Å². The summed E-state index contributed by atoms with van der Waals surface area (Å²) < 4.78 is 0. The highest BCUT2D eigenvalue weighted by atomic mass is 15.8. The lowest BCUT2D eigenvalue weighted by molar-refractivity contribution is -0.0758. The first-order chi connectivity index (χ1) is 11.4. The Hall–Kier alpha value is -0.120. The summed E-state index contributed by atoms with van der Waals surface area (Å²) in [4.78, 5) is 0. The van der Waals surface area contributed by atoms with Gasteiger partial charge in [0, 0.05) is 25.7 Å². The molecule has 0 aromatic rings. The third-order valence-corrected chi connectivity index (χ3v) is 7.20. The molecule has 5 unspecified atom stereocenters. The Morgan fingerprint density at radius 1 is 0.696 bits per heavy atom. The Kier molecular flexibility index (Phi) is 5.58. The second kappa shape index (κ2) is 7.84. The highest BCUT2D eigenvalue weighted by Gasteiger charge is 2.42. The van der Waals surface area contributed by atoms with Crippen LogP contribution in [0.4, 0.5) is 0 Å². The van der Waals surface area contributed by atoms with Crippen molar-refractivity contribution in [2.75, 3.05) is 19.6 Å². The third-order valence-electron chi connectivity index (χ3n) is 7.20. The van der Waals surface area contributed by atoms with Crippen LogP contribution in [-0.4, -0.2) is 35.8 Å². The van der Waals surface area contributed by atoms with E-state index in [9.17, 15) is 0 Å². The molecule has 1 N–H and O–H groups in total. The summed E-state index contributed by atoms with van der Waals surface area (Å²) >= 11 is 0. The first-order valence-electron chi connectivity index (χ1n) is 10.7. The molecule has 0 amide bonds. The molecule has 3 aliphatic heterocycles. The van der Waals surface area contributed by atoms with Gasteiger partial charge in [-0.25, -0.2) is 10.4 Å². The fraction of sp³-hybridized carbons (Fsp3) is 1.00. The normalized spacial score (nSPS) is 43.6. The fourth-order valence-corrected chi connectivity index (χ4v) is 5.77. The molecule has 4 fully saturated rings. The maximum atomic E-state index is 3.74. The van der Waals surface area contributed by atoms with Gasteiger partial charge in [-0.15, -0.1) is 0 Å². The van der Waals surface area contributed by atoms with E-state index in [1.807, 2.05) is 0 Å². The number of rotatable bonds is 0. The molecular formula is C20H37N3. The Morgan fingerprint density at radius 3 is 2.26 bits per heavy atom. The van der Waals surface area contributed by atoms with Gasteiger partial charge in [0.1, 0.15) is 0 Å². The van der Waals surface area contributed by atoms with Gasteiger partial charge in [0.25, 0.3) is 0 Å². The molecule has 4 bridgehead atoms. The van der Waals surface area contributed by atoms with Crippen molar-refractivity contribution in [1.82, 2.24) is 15.6 Å². The van der Waals surface area contributed by atoms with E-state index >= 15 is 0 Å². The number of nitrogens with one attached hydrogen (secondary N) is 1. The van der Waals surface area contributed by atoms with Crippen LogP contribution in [0.5, 0.6) is 0 Å². The van der Waals surface area contributed by atoms with Crippen molar-refractivity contribution in [3.05, 3.63) is 0 Å². The first kappa shape index (κ1) is 16.4. The molecule has 4 aliphatic rings. The quantitative estimate of drug-likeness (QED) is 0.716. The molecule has 1 aliphatic carbocycles. The number of hydrogen-bond donors (Lipinski definition) is 1. The van der Waals surface area contributed by atoms with Crippen LogP contribution in [0.2, 0.25) is 0 Å². The Bertz CT molecular complexity index is 372. The predicted molar refractivity (Wildman–Crippen MR) is 95.7 cm³/mol. The zero-order valence-corrected chi connectivity index (χ0v) is 15.0. The van der Waals surface area contributed by atoms with Gasteiger partial charge in [-0.3, -0.25) is 0 Å². The Labute approximate surface area is 143 Å². The van der Waals surface area contributed by atoms with E-state index in [0.29, 0.717) is 0 Å². The van der Waals surface area contributed by atoms with Crippen LogP contribution in [0.1, 0.15) is 83.5 Å². The molecule has 23 heavy (non-hydrogen) atoms. The van der Waals surface area contributed by atoms with Crippen molar-refractivity contribution in [3.8, 4) is 0 Å². The van der Waals surface area contributed by atoms with Crippen LogP contribution in [0.25, 0.3) is 0 Å². The average molecular weight is 320 g/mol. The second-order valence-electron chi connectivity index (χ2n) is 8.82. The van der Waals surface area contributed by atoms with Gasteiger partial charge >= 0.3 is 0 Å². The van der Waals surface area contributed by atoms with E-state index < -0.39 is 0 Å². The van der Waals surface area contributed by atoms with Gasteiger partial charge in [-0.05, 0) is 43.4 Å². The molecule has 0 aromatic heterocycles. The lowest BCUT2D eigenvalue weighted by Gasteiger charge is -2.40. The summed E-state index contributed by atoms with van der Waals surface area (Å²) in [5.74, 6) is 2.90. The Morgan fingerprint density at radius 2 is 1.43 bits per heavy atom. The maximum absolute atomic E-state index is 3.74. The molecule has 0 spiro atoms. The van der Waals surface area contributed by atoms with Crippen LogP contribution in [0, 0.1) is 17.8 Å². The standard InChI is InChI=1S/C20H37N3/c1-2-4-6-8-17-10-11-19-12-13-22(20(19)14-17)23-16-18(15-21-23)9-7-5-3-1/h17-21H,1-16H2. The van der Waals surface area contributed by atoms with Gasteiger partial charge in [0.2, 0.25) is 0 Å². The van der Waals surface area contributed by atoms with Crippen LogP contribution < -0.4 is 5.43 Å². The SMILES string of the molecule is C1CCCCC2CCC3CCN(C3C2)N2CC(CCCC1)CN2. The molecule has 1 saturated carbocycles. The van der Waals surface area contributed by atoms with Crippen LogP contribution in [0.15, 0.2) is 0 Å². The number of hydrazine groups is 2. The zero-order valence-electron chi connectivity index (χ0n) is 15.0. The summed E-state index contributed by atoms with van der Waals surface area (Å²) in [6, 6.07) is 0.855. The highest BCUT2D eigenvalue weighted by Crippen LogP contribution is 2.41. The van der Waals surface area contributed by atoms with E-state index in [1.54, 1.807) is 0 Å². The van der Waals surface area contributed by atoms with Crippen molar-refractivity contribution in [3.63, 3.8) is 0 Å².